The van der Waals surface area contributed by atoms with E-state index in [9.17, 15) is 4.79 Å². The number of hydrogen-bond donors (Lipinski definition) is 1. The van der Waals surface area contributed by atoms with Crippen LogP contribution in [0.1, 0.15) is 42.7 Å². The molecule has 0 saturated carbocycles. The van der Waals surface area contributed by atoms with Crippen molar-refractivity contribution in [3.63, 3.8) is 0 Å². The SMILES string of the molecule is Cc1noc2nc(-c3cccs3)cc(C(=O)NC3CCN(C(C)C)CC3)c12. The van der Waals surface area contributed by atoms with Crippen LogP contribution in [0.25, 0.3) is 21.7 Å². The number of likely N-dealkylation sites (tertiary alicyclic amines) is 1. The first kappa shape index (κ1) is 18.1. The molecule has 1 aliphatic heterocycles. The number of fused-ring (bicyclic) bond motifs is 1. The number of carbonyl (C=O) groups is 1. The summed E-state index contributed by atoms with van der Waals surface area (Å²) >= 11 is 1.59. The van der Waals surface area contributed by atoms with Crippen molar-refractivity contribution in [1.29, 1.82) is 0 Å². The fraction of sp³-hybridized carbons (Fsp3) is 0.450. The highest BCUT2D eigenvalue weighted by molar-refractivity contribution is 7.13. The maximum Gasteiger partial charge on any atom is 0.259 e. The van der Waals surface area contributed by atoms with E-state index >= 15 is 0 Å². The van der Waals surface area contributed by atoms with E-state index < -0.39 is 0 Å². The third-order valence-electron chi connectivity index (χ3n) is 5.23. The van der Waals surface area contributed by atoms with E-state index in [0.29, 0.717) is 28.4 Å². The van der Waals surface area contributed by atoms with Gasteiger partial charge in [0.25, 0.3) is 11.6 Å². The van der Waals surface area contributed by atoms with Gasteiger partial charge in [-0.25, -0.2) is 4.98 Å². The molecule has 6 nitrogen and oxygen atoms in total. The second-order valence-electron chi connectivity index (χ2n) is 7.36. The predicted molar refractivity (Wildman–Crippen MR) is 107 cm³/mol. The zero-order valence-corrected chi connectivity index (χ0v) is 16.7. The van der Waals surface area contributed by atoms with Crippen molar-refractivity contribution in [2.24, 2.45) is 0 Å². The van der Waals surface area contributed by atoms with Crippen molar-refractivity contribution in [2.45, 2.75) is 45.7 Å². The lowest BCUT2D eigenvalue weighted by Gasteiger charge is -2.34. The number of rotatable bonds is 4. The lowest BCUT2D eigenvalue weighted by atomic mass is 10.0. The second kappa shape index (κ2) is 7.40. The van der Waals surface area contributed by atoms with E-state index in [1.165, 1.54) is 0 Å². The van der Waals surface area contributed by atoms with Crippen molar-refractivity contribution >= 4 is 28.3 Å². The molecule has 3 aromatic rings. The van der Waals surface area contributed by atoms with Crippen LogP contribution in [-0.2, 0) is 0 Å². The Hall–Kier alpha value is -2.25. The van der Waals surface area contributed by atoms with Crippen LogP contribution in [0.15, 0.2) is 28.1 Å². The molecule has 1 fully saturated rings. The zero-order chi connectivity index (χ0) is 19.0. The van der Waals surface area contributed by atoms with Gasteiger partial charge in [-0.1, -0.05) is 11.2 Å². The highest BCUT2D eigenvalue weighted by Gasteiger charge is 2.25. The van der Waals surface area contributed by atoms with E-state index in [1.807, 2.05) is 30.5 Å². The normalized spacial score (nSPS) is 16.3. The van der Waals surface area contributed by atoms with Crippen LogP contribution in [0, 0.1) is 6.92 Å². The molecule has 0 bridgehead atoms. The van der Waals surface area contributed by atoms with Crippen molar-refractivity contribution in [3.8, 4) is 10.6 Å². The largest absolute Gasteiger partial charge is 0.349 e. The van der Waals surface area contributed by atoms with E-state index in [0.717, 1.165) is 36.5 Å². The quantitative estimate of drug-likeness (QED) is 0.739. The van der Waals surface area contributed by atoms with E-state index in [-0.39, 0.29) is 11.9 Å². The summed E-state index contributed by atoms with van der Waals surface area (Å²) in [5, 5.41) is 9.93. The fourth-order valence-corrected chi connectivity index (χ4v) is 4.33. The summed E-state index contributed by atoms with van der Waals surface area (Å²) in [6.07, 6.45) is 1.94. The number of pyridine rings is 1. The number of piperidine rings is 1. The molecule has 27 heavy (non-hydrogen) atoms. The summed E-state index contributed by atoms with van der Waals surface area (Å²) in [6, 6.07) is 6.57. The van der Waals surface area contributed by atoms with Crippen LogP contribution in [0.2, 0.25) is 0 Å². The number of aryl methyl sites for hydroxylation is 1. The van der Waals surface area contributed by atoms with Crippen LogP contribution >= 0.6 is 11.3 Å². The van der Waals surface area contributed by atoms with Crippen LogP contribution in [0.3, 0.4) is 0 Å². The number of carbonyl (C=O) groups excluding carboxylic acids is 1. The van der Waals surface area contributed by atoms with E-state index in [1.54, 1.807) is 11.3 Å². The van der Waals surface area contributed by atoms with Crippen LogP contribution in [0.5, 0.6) is 0 Å². The Morgan fingerprint density at radius 3 is 2.81 bits per heavy atom. The minimum atomic E-state index is -0.0745. The van der Waals surface area contributed by atoms with Crippen molar-refractivity contribution in [2.75, 3.05) is 13.1 Å². The lowest BCUT2D eigenvalue weighted by molar-refractivity contribution is 0.0902. The van der Waals surface area contributed by atoms with Gasteiger partial charge in [-0.05, 0) is 51.1 Å². The first-order chi connectivity index (χ1) is 13.0. The maximum absolute atomic E-state index is 13.1. The molecule has 0 radical (unpaired) electrons. The van der Waals surface area contributed by atoms with Gasteiger partial charge in [0.15, 0.2) is 0 Å². The Morgan fingerprint density at radius 2 is 2.15 bits per heavy atom. The number of aromatic nitrogens is 2. The molecule has 0 spiro atoms. The van der Waals surface area contributed by atoms with Crippen molar-refractivity contribution in [3.05, 3.63) is 34.8 Å². The number of amides is 1. The molecule has 1 N–H and O–H groups in total. The zero-order valence-electron chi connectivity index (χ0n) is 15.9. The van der Waals surface area contributed by atoms with Gasteiger partial charge in [-0.15, -0.1) is 11.3 Å². The molecule has 4 rings (SSSR count). The first-order valence-electron chi connectivity index (χ1n) is 9.38. The molecule has 0 aromatic carbocycles. The highest BCUT2D eigenvalue weighted by atomic mass is 32.1. The molecule has 0 aliphatic carbocycles. The summed E-state index contributed by atoms with van der Waals surface area (Å²) < 4.78 is 5.37. The monoisotopic (exact) mass is 384 g/mol. The van der Waals surface area contributed by atoms with Crippen molar-refractivity contribution < 1.29 is 9.32 Å². The molecule has 1 aliphatic rings. The van der Waals surface area contributed by atoms with Gasteiger partial charge in [0.2, 0.25) is 0 Å². The molecule has 3 aromatic heterocycles. The average Bonchev–Trinajstić information content (AvgIpc) is 3.32. The molecule has 7 heteroatoms. The minimum Gasteiger partial charge on any atom is -0.349 e. The Morgan fingerprint density at radius 1 is 1.37 bits per heavy atom. The Kier molecular flexibility index (Phi) is 4.97. The summed E-state index contributed by atoms with van der Waals surface area (Å²) in [6.45, 7) is 8.30. The molecule has 4 heterocycles. The number of hydrogen-bond acceptors (Lipinski definition) is 6. The molecular formula is C20H24N4O2S. The summed E-state index contributed by atoms with van der Waals surface area (Å²) in [7, 11) is 0. The number of thiophene rings is 1. The molecule has 1 amide bonds. The lowest BCUT2D eigenvalue weighted by Crippen LogP contribution is -2.46. The van der Waals surface area contributed by atoms with Crippen molar-refractivity contribution in [1.82, 2.24) is 20.4 Å². The predicted octanol–water partition coefficient (Wildman–Crippen LogP) is 3.86. The van der Waals surface area contributed by atoms with Gasteiger partial charge in [0.1, 0.15) is 0 Å². The molecule has 142 valence electrons. The molecular weight excluding hydrogens is 360 g/mol. The number of nitrogens with zero attached hydrogens (tertiary/aromatic N) is 3. The fourth-order valence-electron chi connectivity index (χ4n) is 3.65. The first-order valence-corrected chi connectivity index (χ1v) is 10.3. The molecule has 0 atom stereocenters. The second-order valence-corrected chi connectivity index (χ2v) is 8.31. The Balaban J connectivity index is 1.60. The van der Waals surface area contributed by atoms with E-state index in [2.05, 4.69) is 34.2 Å². The maximum atomic E-state index is 13.1. The summed E-state index contributed by atoms with van der Waals surface area (Å²) in [4.78, 5) is 21.1. The number of nitrogens with one attached hydrogen (secondary N) is 1. The highest BCUT2D eigenvalue weighted by Crippen LogP contribution is 2.29. The van der Waals surface area contributed by atoms with Gasteiger partial charge in [-0.2, -0.15) is 0 Å². The average molecular weight is 385 g/mol. The summed E-state index contributed by atoms with van der Waals surface area (Å²) in [5.74, 6) is -0.0745. The standard InChI is InChI=1S/C20H24N4O2S/c1-12(2)24-8-6-14(7-9-24)21-19(25)15-11-16(17-5-4-10-27-17)22-20-18(15)13(3)23-26-20/h4-5,10-12,14H,6-9H2,1-3H3,(H,21,25). The smallest absolute Gasteiger partial charge is 0.259 e. The van der Waals surface area contributed by atoms with Gasteiger partial charge >= 0.3 is 0 Å². The molecule has 0 unspecified atom stereocenters. The van der Waals surface area contributed by atoms with Gasteiger partial charge in [0.05, 0.1) is 27.2 Å². The third-order valence-corrected chi connectivity index (χ3v) is 6.12. The Labute approximate surface area is 162 Å². The Bertz CT molecular complexity index is 940. The van der Waals surface area contributed by atoms with E-state index in [4.69, 9.17) is 4.52 Å². The molecule has 1 saturated heterocycles. The third kappa shape index (κ3) is 3.61. The summed E-state index contributed by atoms with van der Waals surface area (Å²) in [5.41, 5.74) is 2.44. The van der Waals surface area contributed by atoms with Gasteiger partial charge in [-0.3, -0.25) is 4.79 Å². The van der Waals surface area contributed by atoms with Crippen LogP contribution < -0.4 is 5.32 Å². The minimum absolute atomic E-state index is 0.0745. The van der Waals surface area contributed by atoms with Crippen LogP contribution in [-0.4, -0.2) is 46.1 Å². The van der Waals surface area contributed by atoms with Crippen LogP contribution in [0.4, 0.5) is 0 Å². The van der Waals surface area contributed by atoms with Gasteiger partial charge < -0.3 is 14.7 Å². The van der Waals surface area contributed by atoms with Gasteiger partial charge in [0, 0.05) is 25.2 Å². The topological polar surface area (TPSA) is 71.3 Å².